The molecule has 1 aromatic rings. The number of hydrogen-bond donors (Lipinski definition) is 1. The summed E-state index contributed by atoms with van der Waals surface area (Å²) in [4.78, 5) is 27.4. The lowest BCUT2D eigenvalue weighted by molar-refractivity contribution is -0.130. The van der Waals surface area contributed by atoms with E-state index in [-0.39, 0.29) is 24.5 Å². The van der Waals surface area contributed by atoms with Crippen molar-refractivity contribution in [3.63, 3.8) is 0 Å². The van der Waals surface area contributed by atoms with Gasteiger partial charge >= 0.3 is 0 Å². The van der Waals surface area contributed by atoms with Gasteiger partial charge in [0.05, 0.1) is 31.9 Å². The van der Waals surface area contributed by atoms with Gasteiger partial charge in [0.2, 0.25) is 0 Å². The van der Waals surface area contributed by atoms with Gasteiger partial charge in [-0.05, 0) is 23.6 Å². The van der Waals surface area contributed by atoms with E-state index in [1.807, 2.05) is 13.8 Å². The number of methoxy groups -OCH3 is 2. The summed E-state index contributed by atoms with van der Waals surface area (Å²) >= 11 is 0. The van der Waals surface area contributed by atoms with Gasteiger partial charge in [0.25, 0.3) is 5.91 Å². The Morgan fingerprint density at radius 1 is 1.20 bits per heavy atom. The van der Waals surface area contributed by atoms with E-state index in [1.165, 1.54) is 12.0 Å². The standard InChI is InChI=1S/C23H33NO6/c1-14(2)13-30-17-12-15(8-9-16(17)29-7)19-18(21(26)23(3,4)5)20(25)22(27)24(19)10-11-28-6/h8-9,12,14,19,25H,10-11,13H2,1-7H3. The maximum atomic E-state index is 13.2. The number of amides is 1. The molecule has 1 heterocycles. The first-order valence-electron chi connectivity index (χ1n) is 10.1. The van der Waals surface area contributed by atoms with Crippen LogP contribution in [-0.4, -0.2) is 55.7 Å². The van der Waals surface area contributed by atoms with E-state index >= 15 is 0 Å². The third-order valence-electron chi connectivity index (χ3n) is 4.84. The second-order valence-electron chi connectivity index (χ2n) is 8.85. The van der Waals surface area contributed by atoms with Gasteiger partial charge in [-0.3, -0.25) is 9.59 Å². The van der Waals surface area contributed by atoms with Crippen LogP contribution in [0.1, 0.15) is 46.2 Å². The average Bonchev–Trinajstić information content (AvgIpc) is 2.93. The topological polar surface area (TPSA) is 85.3 Å². The fourth-order valence-electron chi connectivity index (χ4n) is 3.29. The number of Topliss-reactive ketones (excluding diaryl/α,β-unsaturated/α-hetero) is 1. The molecule has 0 saturated carbocycles. The van der Waals surface area contributed by atoms with Crippen LogP contribution in [0.15, 0.2) is 29.5 Å². The molecule has 0 aromatic heterocycles. The molecule has 7 heteroatoms. The molecule has 1 aliphatic rings. The Hall–Kier alpha value is -2.54. The van der Waals surface area contributed by atoms with Crippen molar-refractivity contribution in [2.75, 3.05) is 34.0 Å². The number of ether oxygens (including phenoxy) is 3. The predicted molar refractivity (Wildman–Crippen MR) is 114 cm³/mol. The fraction of sp³-hybridized carbons (Fsp3) is 0.565. The SMILES string of the molecule is COCCN1C(=O)C(O)=C(C(=O)C(C)(C)C)C1c1ccc(OC)c(OCC(C)C)c1. The minimum absolute atomic E-state index is 0.101. The first kappa shape index (κ1) is 23.7. The van der Waals surface area contributed by atoms with E-state index in [0.29, 0.717) is 29.6 Å². The number of nitrogens with zero attached hydrogens (tertiary/aromatic N) is 1. The molecule has 0 saturated heterocycles. The smallest absolute Gasteiger partial charge is 0.290 e. The van der Waals surface area contributed by atoms with Crippen molar-refractivity contribution in [3.05, 3.63) is 35.1 Å². The Morgan fingerprint density at radius 3 is 2.40 bits per heavy atom. The van der Waals surface area contributed by atoms with E-state index in [4.69, 9.17) is 14.2 Å². The number of ketones is 1. The molecule has 0 fully saturated rings. The number of hydrogen-bond acceptors (Lipinski definition) is 6. The minimum atomic E-state index is -0.761. The second-order valence-corrected chi connectivity index (χ2v) is 8.85. The lowest BCUT2D eigenvalue weighted by atomic mass is 9.82. The molecule has 1 unspecified atom stereocenters. The Morgan fingerprint density at radius 2 is 1.87 bits per heavy atom. The molecule has 2 rings (SSSR count). The molecular formula is C23H33NO6. The summed E-state index contributed by atoms with van der Waals surface area (Å²) in [5.74, 6) is 0.0350. The van der Waals surface area contributed by atoms with Crippen molar-refractivity contribution < 1.29 is 28.9 Å². The fourth-order valence-corrected chi connectivity index (χ4v) is 3.29. The highest BCUT2D eigenvalue weighted by atomic mass is 16.5. The number of carbonyl (C=O) groups is 2. The van der Waals surface area contributed by atoms with Gasteiger partial charge in [0.15, 0.2) is 23.0 Å². The van der Waals surface area contributed by atoms with Crippen molar-refractivity contribution in [2.24, 2.45) is 11.3 Å². The Bertz CT molecular complexity index is 821. The average molecular weight is 420 g/mol. The molecule has 1 aromatic carbocycles. The zero-order valence-electron chi connectivity index (χ0n) is 18.9. The van der Waals surface area contributed by atoms with Crippen LogP contribution in [0.2, 0.25) is 0 Å². The van der Waals surface area contributed by atoms with Gasteiger partial charge < -0.3 is 24.2 Å². The Labute approximate surface area is 178 Å². The highest BCUT2D eigenvalue weighted by Gasteiger charge is 2.46. The monoisotopic (exact) mass is 419 g/mol. The van der Waals surface area contributed by atoms with Crippen LogP contribution >= 0.6 is 0 Å². The third kappa shape index (κ3) is 4.95. The maximum absolute atomic E-state index is 13.2. The van der Waals surface area contributed by atoms with Crippen LogP contribution < -0.4 is 9.47 Å². The molecule has 0 bridgehead atoms. The lowest BCUT2D eigenvalue weighted by Gasteiger charge is -2.29. The zero-order chi connectivity index (χ0) is 22.6. The van der Waals surface area contributed by atoms with Crippen LogP contribution in [0.25, 0.3) is 0 Å². The molecule has 1 atom stereocenters. The van der Waals surface area contributed by atoms with Gasteiger partial charge in [-0.25, -0.2) is 0 Å². The van der Waals surface area contributed by atoms with E-state index < -0.39 is 23.1 Å². The first-order chi connectivity index (χ1) is 14.0. The summed E-state index contributed by atoms with van der Waals surface area (Å²) in [6.07, 6.45) is 0. The largest absolute Gasteiger partial charge is 0.503 e. The van der Waals surface area contributed by atoms with Crippen LogP contribution in [-0.2, 0) is 14.3 Å². The first-order valence-corrected chi connectivity index (χ1v) is 10.1. The molecular weight excluding hydrogens is 386 g/mol. The van der Waals surface area contributed by atoms with Crippen LogP contribution in [0, 0.1) is 11.3 Å². The number of rotatable bonds is 9. The Balaban J connectivity index is 2.58. The highest BCUT2D eigenvalue weighted by Crippen LogP contribution is 2.43. The number of aliphatic hydroxyl groups is 1. The van der Waals surface area contributed by atoms with Gasteiger partial charge in [0, 0.05) is 19.1 Å². The zero-order valence-corrected chi connectivity index (χ0v) is 18.9. The summed E-state index contributed by atoms with van der Waals surface area (Å²) in [6.45, 7) is 10.4. The van der Waals surface area contributed by atoms with Crippen LogP contribution in [0.4, 0.5) is 0 Å². The summed E-state index contributed by atoms with van der Waals surface area (Å²) in [6, 6.07) is 4.58. The Kier molecular flexibility index (Phi) is 7.53. The van der Waals surface area contributed by atoms with Crippen molar-refractivity contribution in [1.82, 2.24) is 4.90 Å². The highest BCUT2D eigenvalue weighted by molar-refractivity contribution is 6.10. The lowest BCUT2D eigenvalue weighted by Crippen LogP contribution is -2.35. The molecule has 7 nitrogen and oxygen atoms in total. The molecule has 1 N–H and O–H groups in total. The van der Waals surface area contributed by atoms with Crippen LogP contribution in [0.3, 0.4) is 0 Å². The molecule has 1 amide bonds. The molecule has 1 aliphatic heterocycles. The van der Waals surface area contributed by atoms with E-state index in [9.17, 15) is 14.7 Å². The van der Waals surface area contributed by atoms with Gasteiger partial charge in [0.1, 0.15) is 0 Å². The summed E-state index contributed by atoms with van der Waals surface area (Å²) in [7, 11) is 3.09. The normalized spacial score (nSPS) is 17.1. The van der Waals surface area contributed by atoms with Crippen molar-refractivity contribution >= 4 is 11.7 Å². The molecule has 0 aliphatic carbocycles. The van der Waals surface area contributed by atoms with E-state index in [1.54, 1.807) is 46.1 Å². The van der Waals surface area contributed by atoms with Crippen molar-refractivity contribution in [1.29, 1.82) is 0 Å². The number of benzene rings is 1. The molecule has 0 spiro atoms. The minimum Gasteiger partial charge on any atom is -0.503 e. The predicted octanol–water partition coefficient (Wildman–Crippen LogP) is 3.69. The van der Waals surface area contributed by atoms with Crippen molar-refractivity contribution in [2.45, 2.75) is 40.7 Å². The second kappa shape index (κ2) is 9.51. The number of aliphatic hydroxyl groups excluding tert-OH is 1. The molecule has 166 valence electrons. The third-order valence-corrected chi connectivity index (χ3v) is 4.84. The summed E-state index contributed by atoms with van der Waals surface area (Å²) in [5.41, 5.74) is 0.00183. The maximum Gasteiger partial charge on any atom is 0.290 e. The van der Waals surface area contributed by atoms with Gasteiger partial charge in [-0.2, -0.15) is 0 Å². The van der Waals surface area contributed by atoms with Crippen molar-refractivity contribution in [3.8, 4) is 11.5 Å². The van der Waals surface area contributed by atoms with Crippen LogP contribution in [0.5, 0.6) is 11.5 Å². The summed E-state index contributed by atoms with van der Waals surface area (Å²) < 4.78 is 16.4. The molecule has 30 heavy (non-hydrogen) atoms. The molecule has 0 radical (unpaired) electrons. The summed E-state index contributed by atoms with van der Waals surface area (Å²) in [5, 5.41) is 10.6. The van der Waals surface area contributed by atoms with E-state index in [2.05, 4.69) is 0 Å². The van der Waals surface area contributed by atoms with Gasteiger partial charge in [-0.1, -0.05) is 40.7 Å². The van der Waals surface area contributed by atoms with Gasteiger partial charge in [-0.15, -0.1) is 0 Å². The quantitative estimate of drug-likeness (QED) is 0.657. The van der Waals surface area contributed by atoms with E-state index in [0.717, 1.165) is 0 Å². The number of carbonyl (C=O) groups excluding carboxylic acids is 2.